The van der Waals surface area contributed by atoms with Crippen LogP contribution in [0.15, 0.2) is 146 Å². The van der Waals surface area contributed by atoms with Crippen LogP contribution in [0, 0.1) is 12.1 Å². The molecule has 0 radical (unpaired) electrons. The molecule has 6 aromatic carbocycles. The van der Waals surface area contributed by atoms with Crippen LogP contribution >= 0.6 is 0 Å². The van der Waals surface area contributed by atoms with Crippen molar-refractivity contribution in [1.82, 2.24) is 14.5 Å². The summed E-state index contributed by atoms with van der Waals surface area (Å²) in [7, 11) is 0. The molecule has 0 amide bonds. The van der Waals surface area contributed by atoms with Gasteiger partial charge in [-0.1, -0.05) is 109 Å². The van der Waals surface area contributed by atoms with E-state index in [9.17, 15) is 0 Å². The summed E-state index contributed by atoms with van der Waals surface area (Å²) in [6.45, 7) is 0. The van der Waals surface area contributed by atoms with Crippen LogP contribution in [0.2, 0.25) is 0 Å². The zero-order valence-electron chi connectivity index (χ0n) is 22.6. The van der Waals surface area contributed by atoms with Crippen molar-refractivity contribution in [1.29, 1.82) is 0 Å². The molecule has 0 aliphatic rings. The van der Waals surface area contributed by atoms with Gasteiger partial charge in [0.15, 0.2) is 5.82 Å². The van der Waals surface area contributed by atoms with Gasteiger partial charge >= 0.3 is 0 Å². The second kappa shape index (κ2) is 9.92. The van der Waals surface area contributed by atoms with Crippen molar-refractivity contribution in [3.05, 3.63) is 158 Å². The summed E-state index contributed by atoms with van der Waals surface area (Å²) in [6.07, 6.45) is 3.84. The Morgan fingerprint density at radius 3 is 2.12 bits per heavy atom. The molecular formula is C38H24N4. The molecule has 0 spiro atoms. The van der Waals surface area contributed by atoms with E-state index in [2.05, 4.69) is 137 Å². The van der Waals surface area contributed by atoms with Gasteiger partial charge in [0.1, 0.15) is 17.4 Å². The van der Waals surface area contributed by atoms with Crippen molar-refractivity contribution in [2.75, 3.05) is 4.90 Å². The van der Waals surface area contributed by atoms with E-state index in [1.807, 2.05) is 24.3 Å². The van der Waals surface area contributed by atoms with Gasteiger partial charge in [-0.25, -0.2) is 9.97 Å². The number of aromatic nitrogens is 3. The molecule has 0 aliphatic carbocycles. The number of hydrogen-bond acceptors (Lipinski definition) is 3. The number of nitrogens with zero attached hydrogens (tertiary/aromatic N) is 4. The first-order chi connectivity index (χ1) is 20.9. The Kier molecular flexibility index (Phi) is 5.65. The van der Waals surface area contributed by atoms with E-state index in [1.54, 1.807) is 6.33 Å². The number of para-hydroxylation sites is 1. The van der Waals surface area contributed by atoms with Crippen molar-refractivity contribution in [3.8, 4) is 16.8 Å². The van der Waals surface area contributed by atoms with Gasteiger partial charge in [0.05, 0.1) is 11.4 Å². The van der Waals surface area contributed by atoms with E-state index in [0.29, 0.717) is 0 Å². The lowest BCUT2D eigenvalue weighted by Crippen LogP contribution is -2.14. The predicted molar refractivity (Wildman–Crippen MR) is 172 cm³/mol. The van der Waals surface area contributed by atoms with Crippen LogP contribution in [-0.2, 0) is 0 Å². The van der Waals surface area contributed by atoms with Crippen molar-refractivity contribution < 1.29 is 0 Å². The monoisotopic (exact) mass is 536 g/mol. The maximum Gasteiger partial charge on any atom is 0.166 e. The summed E-state index contributed by atoms with van der Waals surface area (Å²) in [5.74, 6) is 0.784. The summed E-state index contributed by atoms with van der Waals surface area (Å²) in [5, 5.41) is 4.67. The fraction of sp³-hybridized carbons (Fsp3) is 0. The largest absolute Gasteiger partial charge is 0.304 e. The quantitative estimate of drug-likeness (QED) is 0.220. The van der Waals surface area contributed by atoms with Gasteiger partial charge in [0.2, 0.25) is 0 Å². The fourth-order valence-electron chi connectivity index (χ4n) is 5.90. The summed E-state index contributed by atoms with van der Waals surface area (Å²) in [6, 6.07) is 52.5. The second-order valence-corrected chi connectivity index (χ2v) is 10.2. The number of hydrogen-bond donors (Lipinski definition) is 0. The zero-order valence-corrected chi connectivity index (χ0v) is 22.6. The van der Waals surface area contributed by atoms with Gasteiger partial charge in [0.25, 0.3) is 0 Å². The second-order valence-electron chi connectivity index (χ2n) is 10.2. The number of fused-ring (bicyclic) bond motifs is 3. The van der Waals surface area contributed by atoms with Crippen LogP contribution in [0.5, 0.6) is 0 Å². The third-order valence-corrected chi connectivity index (χ3v) is 7.76. The average Bonchev–Trinajstić information content (AvgIpc) is 3.46. The highest BCUT2D eigenvalue weighted by Gasteiger charge is 2.24. The van der Waals surface area contributed by atoms with Crippen LogP contribution < -0.4 is 4.90 Å². The third kappa shape index (κ3) is 3.88. The fourth-order valence-corrected chi connectivity index (χ4v) is 5.90. The van der Waals surface area contributed by atoms with E-state index in [1.165, 1.54) is 16.2 Å². The first-order valence-electron chi connectivity index (χ1n) is 13.9. The molecule has 0 saturated heterocycles. The first-order valence-corrected chi connectivity index (χ1v) is 13.9. The Balaban J connectivity index is 1.49. The van der Waals surface area contributed by atoms with Crippen molar-refractivity contribution in [2.24, 2.45) is 0 Å². The molecule has 0 fully saturated rings. The molecule has 42 heavy (non-hydrogen) atoms. The zero-order chi connectivity index (χ0) is 27.9. The van der Waals surface area contributed by atoms with Gasteiger partial charge in [-0.2, -0.15) is 0 Å². The van der Waals surface area contributed by atoms with Crippen LogP contribution in [0.1, 0.15) is 0 Å². The minimum absolute atomic E-state index is 0.784. The molecule has 0 unspecified atom stereocenters. The number of rotatable bonds is 5. The lowest BCUT2D eigenvalue weighted by atomic mass is 9.99. The molecule has 0 saturated carbocycles. The van der Waals surface area contributed by atoms with Gasteiger partial charge < -0.3 is 4.57 Å². The van der Waals surface area contributed by atoms with Crippen molar-refractivity contribution in [3.63, 3.8) is 0 Å². The van der Waals surface area contributed by atoms with E-state index < -0.39 is 0 Å². The van der Waals surface area contributed by atoms with Crippen LogP contribution in [0.3, 0.4) is 0 Å². The van der Waals surface area contributed by atoms with Crippen molar-refractivity contribution >= 4 is 49.8 Å². The lowest BCUT2D eigenvalue weighted by molar-refractivity contribution is 1.09. The molecule has 2 aromatic heterocycles. The molecule has 0 atom stereocenters. The highest BCUT2D eigenvalue weighted by Crippen LogP contribution is 2.43. The van der Waals surface area contributed by atoms with Crippen LogP contribution in [0.25, 0.3) is 49.4 Å². The molecule has 196 valence electrons. The van der Waals surface area contributed by atoms with Crippen LogP contribution in [0.4, 0.5) is 17.2 Å². The van der Waals surface area contributed by atoms with Crippen molar-refractivity contribution in [2.45, 2.75) is 0 Å². The van der Waals surface area contributed by atoms with Gasteiger partial charge in [-0.15, -0.1) is 0 Å². The number of benzene rings is 5. The van der Waals surface area contributed by atoms with Crippen LogP contribution in [-0.4, -0.2) is 14.5 Å². The Morgan fingerprint density at radius 2 is 1.31 bits per heavy atom. The first kappa shape index (κ1) is 23.9. The summed E-state index contributed by atoms with van der Waals surface area (Å²) >= 11 is 0. The molecule has 0 N–H and O–H groups in total. The smallest absolute Gasteiger partial charge is 0.166 e. The standard InChI is InChI=1S/C38H24N4/c1-3-17-29(18-4-1)41-25-34(33-23-11-15-27-13-7-9-21-31(27)33)36-37(41)38(40-26-39-36)42(30-19-5-2-6-20-30)35-24-12-16-28-14-8-10-22-32(28)35/h1-3,5-17,19-26H. The van der Waals surface area contributed by atoms with E-state index in [0.717, 1.165) is 50.4 Å². The van der Waals surface area contributed by atoms with Gasteiger partial charge in [0, 0.05) is 22.8 Å². The summed E-state index contributed by atoms with van der Waals surface area (Å²) in [5.41, 5.74) is 6.85. The van der Waals surface area contributed by atoms with E-state index in [4.69, 9.17) is 9.97 Å². The molecule has 8 aromatic rings. The molecule has 2 heterocycles. The molecule has 4 nitrogen and oxygen atoms in total. The number of anilines is 3. The SMILES string of the molecule is c1cccc(-n2cc(-c3cccc4ccccc34)c3ncnc(N(c4ccccc4)c4cccc5ccccc45)c32)c#1. The predicted octanol–water partition coefficient (Wildman–Crippen LogP) is 9.46. The minimum atomic E-state index is 0.784. The van der Waals surface area contributed by atoms with E-state index >= 15 is 0 Å². The highest BCUT2D eigenvalue weighted by atomic mass is 15.2. The Bertz CT molecular complexity index is 2190. The maximum absolute atomic E-state index is 4.99. The molecule has 8 rings (SSSR count). The molecular weight excluding hydrogens is 512 g/mol. The summed E-state index contributed by atoms with van der Waals surface area (Å²) in [4.78, 5) is 12.2. The lowest BCUT2D eigenvalue weighted by Gasteiger charge is -2.26. The third-order valence-electron chi connectivity index (χ3n) is 7.76. The molecule has 0 aliphatic heterocycles. The summed E-state index contributed by atoms with van der Waals surface area (Å²) < 4.78 is 2.15. The van der Waals surface area contributed by atoms with Gasteiger partial charge in [-0.3, -0.25) is 4.90 Å². The molecule has 0 bridgehead atoms. The average molecular weight is 537 g/mol. The highest BCUT2D eigenvalue weighted by molar-refractivity contribution is 6.09. The normalized spacial score (nSPS) is 11.1. The minimum Gasteiger partial charge on any atom is -0.304 e. The topological polar surface area (TPSA) is 34.0 Å². The Morgan fingerprint density at radius 1 is 0.595 bits per heavy atom. The maximum atomic E-state index is 4.99. The Hall–Kier alpha value is -5.92. The van der Waals surface area contributed by atoms with E-state index in [-0.39, 0.29) is 0 Å². The molecule has 4 heteroatoms. The van der Waals surface area contributed by atoms with Gasteiger partial charge in [-0.05, 0) is 58.1 Å². The Labute approximate surface area is 243 Å².